The van der Waals surface area contributed by atoms with Crippen LogP contribution in [0.1, 0.15) is 18.5 Å². The summed E-state index contributed by atoms with van der Waals surface area (Å²) in [5.74, 6) is 1.37. The highest BCUT2D eigenvalue weighted by molar-refractivity contribution is 6.16. The third-order valence-electron chi connectivity index (χ3n) is 2.30. The minimum absolute atomic E-state index is 0.431. The third kappa shape index (κ3) is 1.91. The number of rotatable bonds is 3. The van der Waals surface area contributed by atoms with Gasteiger partial charge in [-0.3, -0.25) is 0 Å². The molecular formula is C9H12ClN3. The molecular weight excluding hydrogens is 186 g/mol. The Morgan fingerprint density at radius 3 is 2.69 bits per heavy atom. The van der Waals surface area contributed by atoms with Gasteiger partial charge in [-0.1, -0.05) is 0 Å². The second kappa shape index (κ2) is 3.50. The van der Waals surface area contributed by atoms with E-state index in [2.05, 4.69) is 22.1 Å². The second-order valence-electron chi connectivity index (χ2n) is 3.36. The summed E-state index contributed by atoms with van der Waals surface area (Å²) in [7, 11) is 2.06. The van der Waals surface area contributed by atoms with E-state index in [9.17, 15) is 0 Å². The summed E-state index contributed by atoms with van der Waals surface area (Å²) >= 11 is 5.62. The van der Waals surface area contributed by atoms with Gasteiger partial charge in [-0.2, -0.15) is 5.10 Å². The molecule has 0 aliphatic heterocycles. The van der Waals surface area contributed by atoms with Gasteiger partial charge in [-0.05, 0) is 25.0 Å². The summed E-state index contributed by atoms with van der Waals surface area (Å²) in [6, 6.07) is 4.58. The first-order valence-corrected chi connectivity index (χ1v) is 4.96. The highest BCUT2D eigenvalue weighted by Crippen LogP contribution is 2.28. The maximum absolute atomic E-state index is 5.62. The molecule has 0 N–H and O–H groups in total. The SMILES string of the molecule is CN(c1ccc(CCl)nn1)C1CC1. The Bertz CT molecular complexity index is 281. The molecule has 0 spiro atoms. The zero-order valence-electron chi connectivity index (χ0n) is 7.57. The topological polar surface area (TPSA) is 29.0 Å². The van der Waals surface area contributed by atoms with E-state index in [1.807, 2.05) is 12.1 Å². The molecule has 1 fully saturated rings. The Morgan fingerprint density at radius 2 is 2.23 bits per heavy atom. The normalized spacial score (nSPS) is 15.8. The minimum atomic E-state index is 0.431. The van der Waals surface area contributed by atoms with Crippen LogP contribution >= 0.6 is 11.6 Å². The maximum atomic E-state index is 5.62. The molecule has 2 rings (SSSR count). The first-order valence-electron chi connectivity index (χ1n) is 4.42. The van der Waals surface area contributed by atoms with Gasteiger partial charge in [0.05, 0.1) is 11.6 Å². The molecule has 13 heavy (non-hydrogen) atoms. The lowest BCUT2D eigenvalue weighted by atomic mass is 10.4. The van der Waals surface area contributed by atoms with Crippen molar-refractivity contribution in [2.45, 2.75) is 24.8 Å². The zero-order valence-corrected chi connectivity index (χ0v) is 8.33. The molecule has 0 atom stereocenters. The van der Waals surface area contributed by atoms with E-state index in [-0.39, 0.29) is 0 Å². The van der Waals surface area contributed by atoms with Crippen LogP contribution in [-0.2, 0) is 5.88 Å². The van der Waals surface area contributed by atoms with E-state index in [1.165, 1.54) is 12.8 Å². The van der Waals surface area contributed by atoms with Crippen LogP contribution in [0.2, 0.25) is 0 Å². The predicted molar refractivity (Wildman–Crippen MR) is 53.0 cm³/mol. The van der Waals surface area contributed by atoms with Crippen LogP contribution in [0.5, 0.6) is 0 Å². The van der Waals surface area contributed by atoms with E-state index < -0.39 is 0 Å². The Morgan fingerprint density at radius 1 is 1.46 bits per heavy atom. The van der Waals surface area contributed by atoms with Crippen molar-refractivity contribution in [3.8, 4) is 0 Å². The molecule has 3 nitrogen and oxygen atoms in total. The Labute approximate surface area is 82.7 Å². The summed E-state index contributed by atoms with van der Waals surface area (Å²) in [5.41, 5.74) is 0.828. The molecule has 1 aromatic rings. The van der Waals surface area contributed by atoms with E-state index >= 15 is 0 Å². The number of nitrogens with zero attached hydrogens (tertiary/aromatic N) is 3. The van der Waals surface area contributed by atoms with Gasteiger partial charge >= 0.3 is 0 Å². The zero-order chi connectivity index (χ0) is 9.26. The lowest BCUT2D eigenvalue weighted by molar-refractivity contribution is 0.850. The molecule has 1 aliphatic rings. The number of aromatic nitrogens is 2. The molecule has 0 amide bonds. The molecule has 4 heteroatoms. The van der Waals surface area contributed by atoms with Crippen molar-refractivity contribution in [2.24, 2.45) is 0 Å². The van der Waals surface area contributed by atoms with Crippen LogP contribution in [0.25, 0.3) is 0 Å². The van der Waals surface area contributed by atoms with Crippen molar-refractivity contribution in [3.05, 3.63) is 17.8 Å². The van der Waals surface area contributed by atoms with Crippen molar-refractivity contribution in [1.29, 1.82) is 0 Å². The average molecular weight is 198 g/mol. The van der Waals surface area contributed by atoms with Gasteiger partial charge < -0.3 is 4.90 Å². The largest absolute Gasteiger partial charge is 0.355 e. The van der Waals surface area contributed by atoms with Gasteiger partial charge in [0, 0.05) is 13.1 Å². The predicted octanol–water partition coefficient (Wildman–Crippen LogP) is 1.81. The monoisotopic (exact) mass is 197 g/mol. The highest BCUT2D eigenvalue weighted by Gasteiger charge is 2.27. The molecule has 0 bridgehead atoms. The number of alkyl halides is 1. The average Bonchev–Trinajstić information content (AvgIpc) is 3.00. The maximum Gasteiger partial charge on any atom is 0.151 e. The molecule has 0 radical (unpaired) electrons. The Kier molecular flexibility index (Phi) is 2.36. The molecule has 70 valence electrons. The lowest BCUT2D eigenvalue weighted by Crippen LogP contribution is -2.20. The molecule has 1 saturated carbocycles. The van der Waals surface area contributed by atoms with Crippen molar-refractivity contribution >= 4 is 17.4 Å². The van der Waals surface area contributed by atoms with Crippen LogP contribution in [0.4, 0.5) is 5.82 Å². The van der Waals surface area contributed by atoms with Crippen molar-refractivity contribution in [2.75, 3.05) is 11.9 Å². The summed E-state index contributed by atoms with van der Waals surface area (Å²) in [6.07, 6.45) is 2.55. The van der Waals surface area contributed by atoms with Gasteiger partial charge in [-0.25, -0.2) is 0 Å². The molecule has 0 aromatic carbocycles. The molecule has 1 aliphatic carbocycles. The van der Waals surface area contributed by atoms with Crippen molar-refractivity contribution < 1.29 is 0 Å². The first-order chi connectivity index (χ1) is 6.31. The summed E-state index contributed by atoms with van der Waals surface area (Å²) in [6.45, 7) is 0. The smallest absolute Gasteiger partial charge is 0.151 e. The minimum Gasteiger partial charge on any atom is -0.355 e. The van der Waals surface area contributed by atoms with E-state index in [0.29, 0.717) is 11.9 Å². The standard InChI is InChI=1S/C9H12ClN3/c1-13(8-3-4-8)9-5-2-7(6-10)11-12-9/h2,5,8H,3-4,6H2,1H3. The van der Waals surface area contributed by atoms with Gasteiger partial charge in [0.15, 0.2) is 5.82 Å². The highest BCUT2D eigenvalue weighted by atomic mass is 35.5. The van der Waals surface area contributed by atoms with Crippen molar-refractivity contribution in [3.63, 3.8) is 0 Å². The van der Waals surface area contributed by atoms with Crippen LogP contribution < -0.4 is 4.90 Å². The van der Waals surface area contributed by atoms with Crippen molar-refractivity contribution in [1.82, 2.24) is 10.2 Å². The van der Waals surface area contributed by atoms with E-state index in [1.54, 1.807) is 0 Å². The molecule has 1 aromatic heterocycles. The third-order valence-corrected chi connectivity index (χ3v) is 2.57. The fourth-order valence-electron chi connectivity index (χ4n) is 1.26. The van der Waals surface area contributed by atoms with Crippen LogP contribution in [0, 0.1) is 0 Å². The molecule has 1 heterocycles. The summed E-state index contributed by atoms with van der Waals surface area (Å²) < 4.78 is 0. The fourth-order valence-corrected chi connectivity index (χ4v) is 1.40. The van der Waals surface area contributed by atoms with Crippen LogP contribution in [0.15, 0.2) is 12.1 Å². The number of hydrogen-bond donors (Lipinski definition) is 0. The summed E-state index contributed by atoms with van der Waals surface area (Å²) in [4.78, 5) is 2.17. The van der Waals surface area contributed by atoms with E-state index in [0.717, 1.165) is 11.5 Å². The van der Waals surface area contributed by atoms with Gasteiger partial charge in [0.25, 0.3) is 0 Å². The van der Waals surface area contributed by atoms with Crippen LogP contribution in [-0.4, -0.2) is 23.3 Å². The molecule has 0 saturated heterocycles. The number of halogens is 1. The number of hydrogen-bond acceptors (Lipinski definition) is 3. The van der Waals surface area contributed by atoms with Gasteiger partial charge in [-0.15, -0.1) is 16.7 Å². The van der Waals surface area contributed by atoms with Gasteiger partial charge in [0.1, 0.15) is 0 Å². The quantitative estimate of drug-likeness (QED) is 0.693. The summed E-state index contributed by atoms with van der Waals surface area (Å²) in [5, 5.41) is 8.11. The van der Waals surface area contributed by atoms with E-state index in [4.69, 9.17) is 11.6 Å². The fraction of sp³-hybridized carbons (Fsp3) is 0.556. The first kappa shape index (κ1) is 8.75. The Hall–Kier alpha value is -0.830. The second-order valence-corrected chi connectivity index (χ2v) is 3.63. The Balaban J connectivity index is 2.11. The van der Waals surface area contributed by atoms with Crippen LogP contribution in [0.3, 0.4) is 0 Å². The number of anilines is 1. The molecule has 0 unspecified atom stereocenters. The lowest BCUT2D eigenvalue weighted by Gasteiger charge is -2.15. The van der Waals surface area contributed by atoms with Gasteiger partial charge in [0.2, 0.25) is 0 Å².